The standard InChI is InChI=1S/2C24H25N3O7S.C14H15NO2.C10H12N2O6S/c2*1-3-19(26-35(32,33)22-11-7-6-10-21(22)27(30)31)23(28)25-20(24(29)34-2)15-16-12-13-17-8-4-5-9-18(17)14-16;1-17-14(16)13(15)9-10-6-7-11-4-2-3-5-12(11)8-10;1-2-7(10(13)14)11-19(17,18)9-6-4-3-5-8(9)12(15)16/h2*4-14,19-20,26H,3,15H2,1-2H3,(H,25,28);2-8,13H,9,15H2,1H3;3-7,11H,2H2,1H3,(H,13,14)/t2*19-,20-;13-;7-/m0000/s1. The van der Waals surface area contributed by atoms with Gasteiger partial charge in [-0.05, 0) is 92.9 Å². The van der Waals surface area contributed by atoms with E-state index >= 15 is 0 Å². The smallest absolute Gasteiger partial charge is 0.328 e. The minimum Gasteiger partial charge on any atom is -0.480 e. The number of carboxylic acids is 1. The number of nitrogens with two attached hydrogens (primary N) is 1. The van der Waals surface area contributed by atoms with E-state index in [9.17, 15) is 84.4 Å². The Morgan fingerprint density at radius 3 is 0.925 bits per heavy atom. The van der Waals surface area contributed by atoms with Gasteiger partial charge < -0.3 is 35.7 Å². The van der Waals surface area contributed by atoms with Crippen LogP contribution in [0.2, 0.25) is 0 Å². The van der Waals surface area contributed by atoms with Gasteiger partial charge in [0.05, 0.1) is 36.1 Å². The van der Waals surface area contributed by atoms with Crippen molar-refractivity contribution in [3.8, 4) is 0 Å². The first-order valence-electron chi connectivity index (χ1n) is 32.3. The number of benzene rings is 9. The highest BCUT2D eigenvalue weighted by Gasteiger charge is 2.35. The first-order valence-corrected chi connectivity index (χ1v) is 36.8. The molecule has 0 radical (unpaired) electrons. The topological polar surface area (TPSA) is 468 Å². The monoisotopic (exact) mass is 1520 g/mol. The molecule has 0 aliphatic heterocycles. The first kappa shape index (κ1) is 83.4. The van der Waals surface area contributed by atoms with E-state index in [1.165, 1.54) is 70.0 Å². The van der Waals surface area contributed by atoms with Crippen molar-refractivity contribution in [2.24, 2.45) is 5.73 Å². The van der Waals surface area contributed by atoms with Gasteiger partial charge in [-0.25, -0.2) is 34.8 Å². The van der Waals surface area contributed by atoms with Crippen LogP contribution in [0.1, 0.15) is 56.7 Å². The summed E-state index contributed by atoms with van der Waals surface area (Å²) in [5.41, 5.74) is 6.49. The molecule has 6 atom stereocenters. The van der Waals surface area contributed by atoms with Crippen molar-refractivity contribution in [3.05, 3.63) is 247 Å². The molecule has 8 N–H and O–H groups in total. The van der Waals surface area contributed by atoms with E-state index in [0.717, 1.165) is 80.0 Å². The number of carbonyl (C=O) groups excluding carboxylic acids is 5. The third-order valence-corrected chi connectivity index (χ3v) is 20.5. The summed E-state index contributed by atoms with van der Waals surface area (Å²) in [5.74, 6) is -4.62. The van der Waals surface area contributed by atoms with Crippen LogP contribution >= 0.6 is 0 Å². The number of nitro benzene ring substituents is 3. The van der Waals surface area contributed by atoms with Crippen LogP contribution in [0.4, 0.5) is 17.1 Å². The first-order chi connectivity index (χ1) is 50.3. The molecule has 0 saturated heterocycles. The van der Waals surface area contributed by atoms with E-state index in [1.54, 1.807) is 13.8 Å². The molecule has 0 fully saturated rings. The number of nitro groups is 3. The fraction of sp³-hybridized carbons (Fsp3) is 0.250. The fourth-order valence-corrected chi connectivity index (χ4v) is 14.8. The second-order valence-electron chi connectivity index (χ2n) is 23.2. The van der Waals surface area contributed by atoms with Crippen molar-refractivity contribution >= 4 is 115 Å². The molecule has 9 rings (SSSR count). The average Bonchev–Trinajstić information content (AvgIpc) is 0.821. The number of hydrogen-bond donors (Lipinski definition) is 7. The SMILES string of the molecule is CC[C@H](NS(=O)(=O)c1ccccc1[N+](=O)[O-])C(=O)N[C@@H](Cc1ccc2ccccc2c1)C(=O)OC.CC[C@H](NS(=O)(=O)c1ccccc1[N+](=O)[O-])C(=O)N[C@@H](Cc1ccc2ccccc2c1)C(=O)OC.CC[C@H](NS(=O)(=O)c1ccccc1[N+](=O)[O-])C(=O)O.COC(=O)[C@@H](N)Cc1ccc2ccccc2c1. The normalized spacial score (nSPS) is 12.9. The molecule has 0 bridgehead atoms. The Morgan fingerprint density at radius 2 is 0.651 bits per heavy atom. The molecule has 0 aliphatic rings. The predicted octanol–water partition coefficient (Wildman–Crippen LogP) is 8.03. The molecule has 0 saturated carbocycles. The molecule has 2 amide bonds. The van der Waals surface area contributed by atoms with Crippen molar-refractivity contribution in [1.82, 2.24) is 24.8 Å². The summed E-state index contributed by atoms with van der Waals surface area (Å²) in [6.07, 6.45) is 0.838. The van der Waals surface area contributed by atoms with Gasteiger partial charge in [0.15, 0.2) is 14.7 Å². The van der Waals surface area contributed by atoms with Crippen molar-refractivity contribution in [2.75, 3.05) is 21.3 Å². The number of esters is 3. The molecular weight excluding hydrogens is 1440 g/mol. The Balaban J connectivity index is 0.000000232. The van der Waals surface area contributed by atoms with E-state index in [2.05, 4.69) is 36.9 Å². The summed E-state index contributed by atoms with van der Waals surface area (Å²) in [6, 6.07) is 48.6. The van der Waals surface area contributed by atoms with Gasteiger partial charge in [0.1, 0.15) is 36.3 Å². The van der Waals surface area contributed by atoms with Crippen LogP contribution in [0, 0.1) is 30.3 Å². The zero-order valence-electron chi connectivity index (χ0n) is 57.9. The second kappa shape index (κ2) is 38.8. The molecular formula is C72H77N9O22S3. The van der Waals surface area contributed by atoms with E-state index in [0.29, 0.717) is 6.42 Å². The van der Waals surface area contributed by atoms with Gasteiger partial charge in [-0.3, -0.25) is 49.5 Å². The van der Waals surface area contributed by atoms with Gasteiger partial charge in [0, 0.05) is 31.0 Å². The molecule has 0 unspecified atom stereocenters. The summed E-state index contributed by atoms with van der Waals surface area (Å²) < 4.78 is 95.9. The maximum Gasteiger partial charge on any atom is 0.328 e. The molecule has 0 spiro atoms. The highest BCUT2D eigenvalue weighted by molar-refractivity contribution is 7.90. The highest BCUT2D eigenvalue weighted by atomic mass is 32.2. The van der Waals surface area contributed by atoms with Crippen molar-refractivity contribution < 1.29 is 88.1 Å². The van der Waals surface area contributed by atoms with Crippen molar-refractivity contribution in [3.63, 3.8) is 0 Å². The number of para-hydroxylation sites is 3. The van der Waals surface area contributed by atoms with Crippen molar-refractivity contribution in [2.45, 2.75) is 110 Å². The Bertz CT molecular complexity index is 4840. The number of aliphatic carboxylic acids is 1. The van der Waals surface area contributed by atoms with Gasteiger partial charge in [0.25, 0.3) is 17.1 Å². The van der Waals surface area contributed by atoms with Crippen LogP contribution in [0.5, 0.6) is 0 Å². The van der Waals surface area contributed by atoms with Crippen LogP contribution in [-0.2, 0) is 92.3 Å². The maximum atomic E-state index is 13.0. The number of hydrogen-bond acceptors (Lipinski definition) is 22. The van der Waals surface area contributed by atoms with Gasteiger partial charge in [0.2, 0.25) is 41.9 Å². The predicted molar refractivity (Wildman–Crippen MR) is 391 cm³/mol. The Hall–Kier alpha value is -11.5. The summed E-state index contributed by atoms with van der Waals surface area (Å²) in [5, 5.41) is 53.5. The van der Waals surface area contributed by atoms with Gasteiger partial charge >= 0.3 is 23.9 Å². The summed E-state index contributed by atoms with van der Waals surface area (Å²) in [7, 11) is -9.34. The average molecular weight is 1520 g/mol. The molecule has 34 heteroatoms. The number of carboxylic acid groups (broad SMARTS) is 1. The number of methoxy groups -OCH3 is 3. The lowest BCUT2D eigenvalue weighted by atomic mass is 10.0. The number of amides is 2. The largest absolute Gasteiger partial charge is 0.480 e. The maximum absolute atomic E-state index is 13.0. The summed E-state index contributed by atoms with van der Waals surface area (Å²) >= 11 is 0. The number of fused-ring (bicyclic) bond motifs is 3. The number of carbonyl (C=O) groups is 6. The zero-order valence-corrected chi connectivity index (χ0v) is 60.4. The molecule has 0 aromatic heterocycles. The van der Waals surface area contributed by atoms with Gasteiger partial charge in [-0.2, -0.15) is 14.2 Å². The molecule has 31 nitrogen and oxygen atoms in total. The summed E-state index contributed by atoms with van der Waals surface area (Å²) in [4.78, 5) is 102. The number of rotatable bonds is 29. The van der Waals surface area contributed by atoms with Gasteiger partial charge in [-0.15, -0.1) is 0 Å². The fourth-order valence-electron chi connectivity index (χ4n) is 10.5. The van der Waals surface area contributed by atoms with Crippen LogP contribution in [0.25, 0.3) is 32.3 Å². The quantitative estimate of drug-likeness (QED) is 0.0101. The van der Waals surface area contributed by atoms with Crippen LogP contribution in [0.3, 0.4) is 0 Å². The van der Waals surface area contributed by atoms with E-state index < -0.39 is 143 Å². The second-order valence-corrected chi connectivity index (χ2v) is 28.3. The van der Waals surface area contributed by atoms with Crippen LogP contribution in [0.15, 0.2) is 215 Å². The Kier molecular flexibility index (Phi) is 30.6. The lowest BCUT2D eigenvalue weighted by molar-refractivity contribution is -0.388. The van der Waals surface area contributed by atoms with E-state index in [1.807, 2.05) is 120 Å². The zero-order chi connectivity index (χ0) is 78.1. The Morgan fingerprint density at radius 1 is 0.387 bits per heavy atom. The number of nitrogens with zero attached hydrogens (tertiary/aromatic N) is 3. The summed E-state index contributed by atoms with van der Waals surface area (Å²) in [6.45, 7) is 4.63. The van der Waals surface area contributed by atoms with Crippen LogP contribution in [-0.4, -0.2) is 138 Å². The van der Waals surface area contributed by atoms with Crippen molar-refractivity contribution in [1.29, 1.82) is 0 Å². The lowest BCUT2D eigenvalue weighted by Crippen LogP contribution is -2.52. The lowest BCUT2D eigenvalue weighted by Gasteiger charge is -2.21. The van der Waals surface area contributed by atoms with Crippen LogP contribution < -0.4 is 30.5 Å². The minimum atomic E-state index is -4.41. The number of ether oxygens (including phenoxy) is 3. The molecule has 0 aliphatic carbocycles. The van der Waals surface area contributed by atoms with E-state index in [4.69, 9.17) is 20.3 Å². The van der Waals surface area contributed by atoms with E-state index in [-0.39, 0.29) is 38.1 Å². The third kappa shape index (κ3) is 23.2. The molecule has 9 aromatic rings. The third-order valence-electron chi connectivity index (χ3n) is 16.0. The molecule has 9 aromatic carbocycles. The Labute approximate surface area is 609 Å². The number of sulfonamides is 3. The minimum absolute atomic E-state index is 0.0230. The molecule has 0 heterocycles. The molecule has 560 valence electrons. The number of nitrogens with one attached hydrogen (secondary N) is 5. The van der Waals surface area contributed by atoms with Gasteiger partial charge in [-0.1, -0.05) is 185 Å². The highest BCUT2D eigenvalue weighted by Crippen LogP contribution is 2.27. The molecule has 106 heavy (non-hydrogen) atoms.